The fourth-order valence-corrected chi connectivity index (χ4v) is 2.86. The first kappa shape index (κ1) is 24.0. The summed E-state index contributed by atoms with van der Waals surface area (Å²) in [6.07, 6.45) is 2.08. The molecule has 0 aromatic heterocycles. The highest BCUT2D eigenvalue weighted by Crippen LogP contribution is 2.26. The van der Waals surface area contributed by atoms with E-state index in [1.165, 1.54) is 42.5 Å². The van der Waals surface area contributed by atoms with E-state index in [-0.39, 0.29) is 30.0 Å². The topological polar surface area (TPSA) is 79.6 Å². The Hall–Kier alpha value is -3.32. The number of para-hydroxylation sites is 1. The van der Waals surface area contributed by atoms with E-state index < -0.39 is 30.9 Å². The maximum atomic E-state index is 14.0. The molecular weight excluding hydrogens is 481 g/mol. The van der Waals surface area contributed by atoms with Gasteiger partial charge in [0, 0.05) is 22.7 Å². The number of hydrogen-bond acceptors (Lipinski definition) is 5. The lowest BCUT2D eigenvalue weighted by molar-refractivity contribution is -0.142. The van der Waals surface area contributed by atoms with Gasteiger partial charge < -0.3 is 14.4 Å². The number of carbonyl (C=O) groups is 2. The standard InChI is InChI=1S/C21H16BrF3N2O4/c22-15-7-8-18(31-21(24)25)14(12-15)6-9-20(29)30-13-19(28)27(11-3-10-26)17-5-2-1-4-16(17)23/h1-2,4-9,12,21H,3,11,13H2/b9-6+. The Morgan fingerprint density at radius 2 is 1.97 bits per heavy atom. The molecule has 0 saturated heterocycles. The van der Waals surface area contributed by atoms with Crippen molar-refractivity contribution in [2.75, 3.05) is 18.1 Å². The van der Waals surface area contributed by atoms with Gasteiger partial charge in [0.2, 0.25) is 0 Å². The van der Waals surface area contributed by atoms with Crippen molar-refractivity contribution < 1.29 is 32.2 Å². The summed E-state index contributed by atoms with van der Waals surface area (Å²) < 4.78 is 48.9. The second-order valence-corrected chi connectivity index (χ2v) is 6.82. The van der Waals surface area contributed by atoms with Crippen LogP contribution in [-0.4, -0.2) is 31.6 Å². The maximum absolute atomic E-state index is 14.0. The molecule has 0 aliphatic rings. The van der Waals surface area contributed by atoms with E-state index in [1.807, 2.05) is 6.07 Å². The number of alkyl halides is 2. The molecule has 162 valence electrons. The summed E-state index contributed by atoms with van der Waals surface area (Å²) in [5.74, 6) is -2.47. The van der Waals surface area contributed by atoms with Crippen LogP contribution in [0, 0.1) is 17.1 Å². The zero-order valence-electron chi connectivity index (χ0n) is 15.9. The third-order valence-electron chi connectivity index (χ3n) is 3.82. The van der Waals surface area contributed by atoms with E-state index in [2.05, 4.69) is 20.7 Å². The number of benzene rings is 2. The second-order valence-electron chi connectivity index (χ2n) is 5.91. The van der Waals surface area contributed by atoms with Crippen molar-refractivity contribution in [1.29, 1.82) is 5.26 Å². The first-order valence-electron chi connectivity index (χ1n) is 8.83. The number of ether oxygens (including phenoxy) is 2. The maximum Gasteiger partial charge on any atom is 0.387 e. The van der Waals surface area contributed by atoms with E-state index in [0.29, 0.717) is 4.47 Å². The summed E-state index contributed by atoms with van der Waals surface area (Å²) in [6, 6.07) is 11.6. The van der Waals surface area contributed by atoms with E-state index in [4.69, 9.17) is 10.00 Å². The van der Waals surface area contributed by atoms with Gasteiger partial charge in [-0.05, 0) is 36.4 Å². The van der Waals surface area contributed by atoms with Crippen molar-refractivity contribution in [1.82, 2.24) is 0 Å². The predicted molar refractivity (Wildman–Crippen MR) is 110 cm³/mol. The Kier molecular flexibility index (Phi) is 9.09. The van der Waals surface area contributed by atoms with Crippen LogP contribution in [0.25, 0.3) is 6.08 Å². The van der Waals surface area contributed by atoms with Crippen LogP contribution in [0.5, 0.6) is 5.75 Å². The molecule has 2 aromatic carbocycles. The third kappa shape index (κ3) is 7.46. The summed E-state index contributed by atoms with van der Waals surface area (Å²) in [7, 11) is 0. The number of halogens is 4. The number of anilines is 1. The molecule has 0 aliphatic heterocycles. The second kappa shape index (κ2) is 11.8. The first-order chi connectivity index (χ1) is 14.8. The van der Waals surface area contributed by atoms with Crippen LogP contribution in [0.1, 0.15) is 12.0 Å². The lowest BCUT2D eigenvalue weighted by atomic mass is 10.2. The fraction of sp³-hybridized carbons (Fsp3) is 0.190. The van der Waals surface area contributed by atoms with Crippen molar-refractivity contribution in [3.05, 3.63) is 64.4 Å². The Labute approximate surface area is 184 Å². The molecule has 0 heterocycles. The van der Waals surface area contributed by atoms with E-state index >= 15 is 0 Å². The van der Waals surface area contributed by atoms with Crippen LogP contribution in [0.2, 0.25) is 0 Å². The minimum absolute atomic E-state index is 0.0442. The number of nitriles is 1. The van der Waals surface area contributed by atoms with Gasteiger partial charge in [0.05, 0.1) is 18.2 Å². The van der Waals surface area contributed by atoms with Crippen molar-refractivity contribution in [3.8, 4) is 11.8 Å². The van der Waals surface area contributed by atoms with Crippen LogP contribution in [0.3, 0.4) is 0 Å². The SMILES string of the molecule is N#CCCN(C(=O)COC(=O)/C=C/c1cc(Br)ccc1OC(F)F)c1ccccc1F. The highest BCUT2D eigenvalue weighted by Gasteiger charge is 2.20. The van der Waals surface area contributed by atoms with Crippen LogP contribution < -0.4 is 9.64 Å². The average molecular weight is 497 g/mol. The fourth-order valence-electron chi connectivity index (χ4n) is 2.48. The van der Waals surface area contributed by atoms with Gasteiger partial charge in [-0.25, -0.2) is 9.18 Å². The number of amides is 1. The molecule has 2 rings (SSSR count). The van der Waals surface area contributed by atoms with Gasteiger partial charge in [0.1, 0.15) is 11.6 Å². The van der Waals surface area contributed by atoms with Crippen molar-refractivity contribution in [2.24, 2.45) is 0 Å². The van der Waals surface area contributed by atoms with Crippen LogP contribution in [0.4, 0.5) is 18.9 Å². The number of esters is 1. The lowest BCUT2D eigenvalue weighted by Crippen LogP contribution is -2.36. The largest absolute Gasteiger partial charge is 0.452 e. The molecule has 6 nitrogen and oxygen atoms in total. The zero-order chi connectivity index (χ0) is 22.8. The number of hydrogen-bond donors (Lipinski definition) is 0. The van der Waals surface area contributed by atoms with Crippen molar-refractivity contribution >= 4 is 39.6 Å². The summed E-state index contributed by atoms with van der Waals surface area (Å²) in [4.78, 5) is 25.4. The van der Waals surface area contributed by atoms with Gasteiger partial charge in [0.15, 0.2) is 6.61 Å². The molecule has 10 heteroatoms. The van der Waals surface area contributed by atoms with Gasteiger partial charge >= 0.3 is 12.6 Å². The van der Waals surface area contributed by atoms with Gasteiger partial charge in [-0.2, -0.15) is 14.0 Å². The Balaban J connectivity index is 2.05. The zero-order valence-corrected chi connectivity index (χ0v) is 17.5. The highest BCUT2D eigenvalue weighted by molar-refractivity contribution is 9.10. The van der Waals surface area contributed by atoms with Crippen LogP contribution >= 0.6 is 15.9 Å². The monoisotopic (exact) mass is 496 g/mol. The van der Waals surface area contributed by atoms with Crippen molar-refractivity contribution in [2.45, 2.75) is 13.0 Å². The van der Waals surface area contributed by atoms with Gasteiger partial charge in [-0.15, -0.1) is 0 Å². The number of rotatable bonds is 9. The molecule has 0 radical (unpaired) electrons. The normalized spacial score (nSPS) is 10.7. The van der Waals surface area contributed by atoms with E-state index in [1.54, 1.807) is 0 Å². The molecule has 31 heavy (non-hydrogen) atoms. The summed E-state index contributed by atoms with van der Waals surface area (Å²) >= 11 is 3.19. The van der Waals surface area contributed by atoms with Crippen molar-refractivity contribution in [3.63, 3.8) is 0 Å². The minimum atomic E-state index is -3.05. The highest BCUT2D eigenvalue weighted by atomic mass is 79.9. The molecule has 0 N–H and O–H groups in total. The Bertz CT molecular complexity index is 1010. The van der Waals surface area contributed by atoms with Gasteiger partial charge in [0.25, 0.3) is 5.91 Å². The Morgan fingerprint density at radius 3 is 2.65 bits per heavy atom. The van der Waals surface area contributed by atoms with E-state index in [9.17, 15) is 22.8 Å². The number of nitrogens with zero attached hydrogens (tertiary/aromatic N) is 2. The van der Waals surface area contributed by atoms with Gasteiger partial charge in [-0.3, -0.25) is 4.79 Å². The molecular formula is C21H16BrF3N2O4. The molecule has 0 spiro atoms. The molecule has 0 fully saturated rings. The molecule has 0 unspecified atom stereocenters. The first-order valence-corrected chi connectivity index (χ1v) is 9.62. The molecule has 0 aliphatic carbocycles. The summed E-state index contributed by atoms with van der Waals surface area (Å²) in [6.45, 7) is -3.84. The smallest absolute Gasteiger partial charge is 0.387 e. The molecule has 0 bridgehead atoms. The van der Waals surface area contributed by atoms with Crippen LogP contribution in [-0.2, 0) is 14.3 Å². The Morgan fingerprint density at radius 1 is 1.23 bits per heavy atom. The molecule has 2 aromatic rings. The molecule has 0 saturated carbocycles. The summed E-state index contributed by atoms with van der Waals surface area (Å²) in [5.41, 5.74) is 0.136. The quantitative estimate of drug-likeness (QED) is 0.371. The molecule has 1 amide bonds. The number of carbonyl (C=O) groups excluding carboxylic acids is 2. The average Bonchev–Trinajstić information content (AvgIpc) is 2.73. The third-order valence-corrected chi connectivity index (χ3v) is 4.31. The molecule has 0 atom stereocenters. The predicted octanol–water partition coefficient (Wildman–Crippen LogP) is 4.69. The lowest BCUT2D eigenvalue weighted by Gasteiger charge is -2.21. The van der Waals surface area contributed by atoms with Crippen LogP contribution in [0.15, 0.2) is 53.0 Å². The van der Waals surface area contributed by atoms with E-state index in [0.717, 1.165) is 17.0 Å². The van der Waals surface area contributed by atoms with Gasteiger partial charge in [-0.1, -0.05) is 28.1 Å². The minimum Gasteiger partial charge on any atom is -0.452 e. The summed E-state index contributed by atoms with van der Waals surface area (Å²) in [5, 5.41) is 8.77.